The minimum absolute atomic E-state index is 0.475. The van der Waals surface area contributed by atoms with Gasteiger partial charge in [0.15, 0.2) is 0 Å². The maximum Gasteiger partial charge on any atom is 0.331 e. The summed E-state index contributed by atoms with van der Waals surface area (Å²) in [6, 6.07) is 18.2. The zero-order chi connectivity index (χ0) is 17.4. The molecule has 0 bridgehead atoms. The number of hydrogen-bond donors (Lipinski definition) is 0. The van der Waals surface area contributed by atoms with Crippen LogP contribution in [0.3, 0.4) is 0 Å². The number of nitrogens with zero attached hydrogens (tertiary/aromatic N) is 2. The zero-order valence-electron chi connectivity index (χ0n) is 13.1. The van der Waals surface area contributed by atoms with Crippen LogP contribution < -0.4 is 0 Å². The van der Waals surface area contributed by atoms with E-state index in [1.165, 1.54) is 13.2 Å². The van der Waals surface area contributed by atoms with Gasteiger partial charge in [-0.1, -0.05) is 36.4 Å². The summed E-state index contributed by atoms with van der Waals surface area (Å²) in [7, 11) is 1.31. The molecule has 2 aromatic carbocycles. The van der Waals surface area contributed by atoms with Gasteiger partial charge in [-0.2, -0.15) is 10.5 Å². The monoisotopic (exact) mass is 314 g/mol. The molecule has 24 heavy (non-hydrogen) atoms. The van der Waals surface area contributed by atoms with E-state index in [9.17, 15) is 4.79 Å². The first-order valence-electron chi connectivity index (χ1n) is 7.14. The second-order valence-corrected chi connectivity index (χ2v) is 4.88. The molecule has 0 aliphatic rings. The summed E-state index contributed by atoms with van der Waals surface area (Å²) in [4.78, 5) is 11.6. The van der Waals surface area contributed by atoms with Gasteiger partial charge in [-0.15, -0.1) is 0 Å². The normalized spacial score (nSPS) is 10.9. The van der Waals surface area contributed by atoms with Crippen molar-refractivity contribution in [2.24, 2.45) is 0 Å². The molecule has 2 aromatic rings. The predicted molar refractivity (Wildman–Crippen MR) is 91.3 cm³/mol. The number of carbonyl (C=O) groups excluding carboxylic acids is 1. The van der Waals surface area contributed by atoms with Crippen molar-refractivity contribution < 1.29 is 9.53 Å². The zero-order valence-corrected chi connectivity index (χ0v) is 13.1. The smallest absolute Gasteiger partial charge is 0.331 e. The van der Waals surface area contributed by atoms with Crippen LogP contribution in [0.15, 0.2) is 60.7 Å². The Bertz CT molecular complexity index is 879. The number of rotatable bonds is 4. The van der Waals surface area contributed by atoms with Crippen molar-refractivity contribution in [2.75, 3.05) is 7.11 Å². The number of benzene rings is 2. The molecule has 0 unspecified atom stereocenters. The van der Waals surface area contributed by atoms with Gasteiger partial charge < -0.3 is 4.74 Å². The fourth-order valence-corrected chi connectivity index (χ4v) is 2.04. The van der Waals surface area contributed by atoms with Crippen LogP contribution in [-0.2, 0) is 9.53 Å². The van der Waals surface area contributed by atoms with E-state index in [4.69, 9.17) is 15.3 Å². The molecule has 0 aliphatic carbocycles. The van der Waals surface area contributed by atoms with Crippen LogP contribution in [0.1, 0.15) is 22.3 Å². The van der Waals surface area contributed by atoms with Gasteiger partial charge in [0, 0.05) is 6.08 Å². The van der Waals surface area contributed by atoms with E-state index in [1.54, 1.807) is 36.4 Å². The van der Waals surface area contributed by atoms with Crippen LogP contribution in [0, 0.1) is 22.7 Å². The van der Waals surface area contributed by atoms with E-state index < -0.39 is 5.97 Å². The van der Waals surface area contributed by atoms with E-state index in [-0.39, 0.29) is 0 Å². The number of hydrogen-bond acceptors (Lipinski definition) is 4. The quantitative estimate of drug-likeness (QED) is 0.490. The van der Waals surface area contributed by atoms with Crippen LogP contribution in [0.2, 0.25) is 0 Å². The lowest BCUT2D eigenvalue weighted by molar-refractivity contribution is -0.134. The van der Waals surface area contributed by atoms with Crippen molar-refractivity contribution in [2.45, 2.75) is 0 Å². The second-order valence-electron chi connectivity index (χ2n) is 4.88. The Morgan fingerprint density at radius 3 is 2.38 bits per heavy atom. The Morgan fingerprint density at radius 1 is 1.04 bits per heavy atom. The number of methoxy groups -OCH3 is 1. The number of allylic oxidation sites excluding steroid dienone is 2. The average molecular weight is 314 g/mol. The standard InChI is InChI=1S/C20H14N2O2/c1-24-20(23)12-19(18-4-2-3-17(11-18)14-22)10-9-15-5-7-16(13-21)8-6-15/h2-12H,1H3. The average Bonchev–Trinajstić information content (AvgIpc) is 2.65. The maximum atomic E-state index is 11.6. The first-order valence-corrected chi connectivity index (χ1v) is 7.14. The minimum Gasteiger partial charge on any atom is -0.466 e. The minimum atomic E-state index is -0.475. The fraction of sp³-hybridized carbons (Fsp3) is 0.0500. The molecule has 2 rings (SSSR count). The fourth-order valence-electron chi connectivity index (χ4n) is 2.04. The Labute approximate surface area is 140 Å². The molecule has 0 atom stereocenters. The van der Waals surface area contributed by atoms with Crippen molar-refractivity contribution in [1.82, 2.24) is 0 Å². The highest BCUT2D eigenvalue weighted by Gasteiger charge is 2.04. The second kappa shape index (κ2) is 8.12. The molecule has 4 heteroatoms. The molecule has 0 saturated heterocycles. The molecule has 0 radical (unpaired) electrons. The number of nitriles is 2. The van der Waals surface area contributed by atoms with Crippen molar-refractivity contribution in [3.05, 3.63) is 82.9 Å². The van der Waals surface area contributed by atoms with Crippen LogP contribution in [0.25, 0.3) is 11.6 Å². The van der Waals surface area contributed by atoms with Gasteiger partial charge in [0.25, 0.3) is 0 Å². The van der Waals surface area contributed by atoms with E-state index in [2.05, 4.69) is 12.1 Å². The summed E-state index contributed by atoms with van der Waals surface area (Å²) in [5, 5.41) is 17.8. The van der Waals surface area contributed by atoms with Gasteiger partial charge in [0.1, 0.15) is 0 Å². The number of carbonyl (C=O) groups is 1. The predicted octanol–water partition coefficient (Wildman–Crippen LogP) is 3.70. The van der Waals surface area contributed by atoms with Gasteiger partial charge >= 0.3 is 5.97 Å². The van der Waals surface area contributed by atoms with Crippen LogP contribution >= 0.6 is 0 Å². The molecule has 0 saturated carbocycles. The summed E-state index contributed by atoms with van der Waals surface area (Å²) in [6.45, 7) is 0. The van der Waals surface area contributed by atoms with E-state index >= 15 is 0 Å². The lowest BCUT2D eigenvalue weighted by atomic mass is 10.0. The van der Waals surface area contributed by atoms with Crippen LogP contribution in [0.4, 0.5) is 0 Å². The Morgan fingerprint density at radius 2 is 1.75 bits per heavy atom. The summed E-state index contributed by atoms with van der Waals surface area (Å²) in [5.74, 6) is -0.475. The molecule has 0 aromatic heterocycles. The van der Waals surface area contributed by atoms with Crippen molar-refractivity contribution in [3.63, 3.8) is 0 Å². The molecule has 0 fully saturated rings. The lowest BCUT2D eigenvalue weighted by Crippen LogP contribution is -1.96. The van der Waals surface area contributed by atoms with E-state index in [0.717, 1.165) is 11.1 Å². The SMILES string of the molecule is COC(=O)C=C(C=Cc1ccc(C#N)cc1)c1cccc(C#N)c1. The molecular weight excluding hydrogens is 300 g/mol. The topological polar surface area (TPSA) is 73.9 Å². The van der Waals surface area contributed by atoms with Crippen molar-refractivity contribution >= 4 is 17.6 Å². The Balaban J connectivity index is 2.37. The molecule has 4 nitrogen and oxygen atoms in total. The van der Waals surface area contributed by atoms with Crippen molar-refractivity contribution in [1.29, 1.82) is 10.5 Å². The Hall–Kier alpha value is -3.63. The summed E-state index contributed by atoms with van der Waals surface area (Å²) < 4.78 is 4.69. The molecule has 0 spiro atoms. The summed E-state index contributed by atoms with van der Waals surface area (Å²) >= 11 is 0. The van der Waals surface area contributed by atoms with E-state index in [1.807, 2.05) is 24.3 Å². The summed E-state index contributed by atoms with van der Waals surface area (Å²) in [5.41, 5.74) is 3.35. The van der Waals surface area contributed by atoms with Gasteiger partial charge in [-0.3, -0.25) is 0 Å². The third-order valence-electron chi connectivity index (χ3n) is 3.29. The molecule has 0 N–H and O–H groups in total. The van der Waals surface area contributed by atoms with Gasteiger partial charge in [0.05, 0.1) is 30.4 Å². The van der Waals surface area contributed by atoms with Crippen LogP contribution in [0.5, 0.6) is 0 Å². The highest BCUT2D eigenvalue weighted by molar-refractivity contribution is 5.95. The first-order chi connectivity index (χ1) is 11.7. The Kier molecular flexibility index (Phi) is 5.66. The van der Waals surface area contributed by atoms with Gasteiger partial charge in [0.2, 0.25) is 0 Å². The molecule has 0 aliphatic heterocycles. The summed E-state index contributed by atoms with van der Waals surface area (Å²) in [6.07, 6.45) is 4.97. The van der Waals surface area contributed by atoms with Crippen molar-refractivity contribution in [3.8, 4) is 12.1 Å². The maximum absolute atomic E-state index is 11.6. The van der Waals surface area contributed by atoms with Gasteiger partial charge in [-0.25, -0.2) is 4.79 Å². The highest BCUT2D eigenvalue weighted by Crippen LogP contribution is 2.19. The van der Waals surface area contributed by atoms with Crippen LogP contribution in [-0.4, -0.2) is 13.1 Å². The van der Waals surface area contributed by atoms with Gasteiger partial charge in [-0.05, 0) is 41.0 Å². The molecule has 0 heterocycles. The molecular formula is C20H14N2O2. The number of esters is 1. The first kappa shape index (κ1) is 16.7. The number of ether oxygens (including phenoxy) is 1. The van der Waals surface area contributed by atoms with E-state index in [0.29, 0.717) is 16.7 Å². The molecule has 116 valence electrons. The third-order valence-corrected chi connectivity index (χ3v) is 3.29. The molecule has 0 amide bonds. The largest absolute Gasteiger partial charge is 0.466 e. The third kappa shape index (κ3) is 4.43. The highest BCUT2D eigenvalue weighted by atomic mass is 16.5. The lowest BCUT2D eigenvalue weighted by Gasteiger charge is -2.04.